The highest BCUT2D eigenvalue weighted by molar-refractivity contribution is 7.92. The van der Waals surface area contributed by atoms with Crippen LogP contribution in [0, 0.1) is 6.92 Å². The summed E-state index contributed by atoms with van der Waals surface area (Å²) in [6.45, 7) is 1.97. The van der Waals surface area contributed by atoms with Gasteiger partial charge in [-0.2, -0.15) is 9.97 Å². The van der Waals surface area contributed by atoms with Crippen LogP contribution in [0.25, 0.3) is 55.8 Å². The Morgan fingerprint density at radius 3 is 2.40 bits per heavy atom. The van der Waals surface area contributed by atoms with Crippen LogP contribution in [0.2, 0.25) is 0 Å². The predicted molar refractivity (Wildman–Crippen MR) is 168 cm³/mol. The zero-order chi connectivity index (χ0) is 30.5. The molecule has 0 unspecified atom stereocenters. The Labute approximate surface area is 248 Å². The summed E-state index contributed by atoms with van der Waals surface area (Å²) in [5.41, 5.74) is 5.82. The number of furan rings is 1. The van der Waals surface area contributed by atoms with Gasteiger partial charge in [0.25, 0.3) is 5.91 Å². The number of rotatable bonds is 7. The molecular weight excluding hydrogens is 566 g/mol. The summed E-state index contributed by atoms with van der Waals surface area (Å²) in [5, 5.41) is 4.22. The lowest BCUT2D eigenvalue weighted by atomic mass is 10.00. The minimum absolute atomic E-state index is 0.0956. The van der Waals surface area contributed by atoms with Gasteiger partial charge < -0.3 is 19.5 Å². The maximum absolute atomic E-state index is 13.3. The van der Waals surface area contributed by atoms with Gasteiger partial charge in [-0.15, -0.1) is 0 Å². The molecule has 2 N–H and O–H groups in total. The third-order valence-electron chi connectivity index (χ3n) is 7.38. The van der Waals surface area contributed by atoms with Crippen molar-refractivity contribution < 1.29 is 22.4 Å². The smallest absolute Gasteiger partial charge is 0.317 e. The van der Waals surface area contributed by atoms with Crippen molar-refractivity contribution in [1.82, 2.24) is 20.3 Å². The van der Waals surface area contributed by atoms with Crippen molar-refractivity contribution in [2.24, 2.45) is 0 Å². The first-order chi connectivity index (χ1) is 20.6. The first-order valence-corrected chi connectivity index (χ1v) is 15.3. The summed E-state index contributed by atoms with van der Waals surface area (Å²) in [6, 6.07) is 22.7. The van der Waals surface area contributed by atoms with Gasteiger partial charge in [-0.1, -0.05) is 48.0 Å². The monoisotopic (exact) mass is 595 g/mol. The minimum atomic E-state index is -3.70. The predicted octanol–water partition coefficient (Wildman–Crippen LogP) is 5.78. The van der Waals surface area contributed by atoms with Gasteiger partial charge in [0, 0.05) is 47.6 Å². The first-order valence-electron chi connectivity index (χ1n) is 13.4. The van der Waals surface area contributed by atoms with E-state index in [-0.39, 0.29) is 11.9 Å². The number of sulfonamides is 1. The van der Waals surface area contributed by atoms with Gasteiger partial charge in [0.1, 0.15) is 11.3 Å². The van der Waals surface area contributed by atoms with E-state index in [1.165, 1.54) is 14.2 Å². The Kier molecular flexibility index (Phi) is 6.89. The van der Waals surface area contributed by atoms with Crippen LogP contribution < -0.4 is 14.4 Å². The van der Waals surface area contributed by atoms with Crippen molar-refractivity contribution >= 4 is 43.5 Å². The van der Waals surface area contributed by atoms with Crippen LogP contribution >= 0.6 is 0 Å². The molecule has 0 radical (unpaired) electrons. The molecule has 3 aromatic heterocycles. The molecule has 6 rings (SSSR count). The van der Waals surface area contributed by atoms with E-state index in [0.717, 1.165) is 32.7 Å². The van der Waals surface area contributed by atoms with Crippen LogP contribution in [0.4, 0.5) is 5.69 Å². The topological polar surface area (TPSA) is 130 Å². The molecule has 11 heteroatoms. The molecule has 0 spiro atoms. The molecule has 218 valence electrons. The van der Waals surface area contributed by atoms with Crippen LogP contribution in [-0.4, -0.2) is 56.7 Å². The molecule has 0 saturated carbocycles. The summed E-state index contributed by atoms with van der Waals surface area (Å²) < 4.78 is 38.5. The van der Waals surface area contributed by atoms with Gasteiger partial charge in [0.2, 0.25) is 10.0 Å². The number of para-hydroxylation sites is 1. The molecule has 0 fully saturated rings. The zero-order valence-corrected chi connectivity index (χ0v) is 25.0. The van der Waals surface area contributed by atoms with E-state index in [9.17, 15) is 13.2 Å². The number of benzene rings is 3. The number of aryl methyl sites for hydroxylation is 1. The molecule has 0 atom stereocenters. The third kappa shape index (κ3) is 5.08. The molecule has 0 aliphatic carbocycles. The number of carbonyl (C=O) groups is 1. The molecule has 6 aromatic rings. The van der Waals surface area contributed by atoms with E-state index in [2.05, 4.69) is 20.3 Å². The van der Waals surface area contributed by atoms with Crippen LogP contribution in [0.3, 0.4) is 0 Å². The van der Waals surface area contributed by atoms with Gasteiger partial charge in [-0.05, 0) is 31.2 Å². The van der Waals surface area contributed by atoms with Gasteiger partial charge in [0.15, 0.2) is 0 Å². The number of aromatic amines is 1. The second-order valence-corrected chi connectivity index (χ2v) is 12.3. The summed E-state index contributed by atoms with van der Waals surface area (Å²) >= 11 is 0. The number of nitrogens with zero attached hydrogens (tertiary/aromatic N) is 3. The average molecular weight is 596 g/mol. The molecule has 3 aromatic carbocycles. The fraction of sp³-hybridized carbons (Fsp3) is 0.156. The Bertz CT molecular complexity index is 2100. The van der Waals surface area contributed by atoms with Crippen LogP contribution in [0.5, 0.6) is 6.01 Å². The van der Waals surface area contributed by atoms with E-state index in [1.54, 1.807) is 25.2 Å². The number of amides is 1. The van der Waals surface area contributed by atoms with Crippen molar-refractivity contribution in [2.75, 3.05) is 31.8 Å². The number of methoxy groups -OCH3 is 1. The minimum Gasteiger partial charge on any atom is -0.467 e. The fourth-order valence-corrected chi connectivity index (χ4v) is 5.55. The second kappa shape index (κ2) is 10.6. The van der Waals surface area contributed by atoms with Crippen molar-refractivity contribution in [1.29, 1.82) is 0 Å². The van der Waals surface area contributed by atoms with Crippen LogP contribution in [-0.2, 0) is 10.0 Å². The lowest BCUT2D eigenvalue weighted by molar-refractivity contribution is 0.0964. The average Bonchev–Trinajstić information content (AvgIpc) is 3.61. The summed E-state index contributed by atoms with van der Waals surface area (Å²) in [6.07, 6.45) is 1.12. The first kappa shape index (κ1) is 28.0. The Hall–Kier alpha value is -5.16. The number of carbonyl (C=O) groups excluding carboxylic acids is 1. The van der Waals surface area contributed by atoms with Crippen LogP contribution in [0.15, 0.2) is 77.2 Å². The number of hydrogen-bond donors (Lipinski definition) is 2. The second-order valence-electron chi connectivity index (χ2n) is 10.2. The Morgan fingerprint density at radius 2 is 1.72 bits per heavy atom. The molecule has 0 aliphatic heterocycles. The Balaban J connectivity index is 1.64. The van der Waals surface area contributed by atoms with Gasteiger partial charge >= 0.3 is 6.01 Å². The zero-order valence-electron chi connectivity index (χ0n) is 24.2. The van der Waals surface area contributed by atoms with Gasteiger partial charge in [0.05, 0.1) is 41.7 Å². The Morgan fingerprint density at radius 1 is 1.00 bits per heavy atom. The van der Waals surface area contributed by atoms with Crippen LogP contribution in [0.1, 0.15) is 15.9 Å². The van der Waals surface area contributed by atoms with Crippen molar-refractivity contribution in [2.45, 2.75) is 6.92 Å². The largest absolute Gasteiger partial charge is 0.467 e. The van der Waals surface area contributed by atoms with E-state index in [1.807, 2.05) is 61.5 Å². The molecule has 43 heavy (non-hydrogen) atoms. The van der Waals surface area contributed by atoms with Crippen molar-refractivity contribution in [3.8, 4) is 40.0 Å². The molecule has 3 heterocycles. The molecule has 0 bridgehead atoms. The summed E-state index contributed by atoms with van der Waals surface area (Å²) in [5.74, 6) is 0.0296. The number of nitrogens with one attached hydrogen (secondary N) is 2. The lowest BCUT2D eigenvalue weighted by Gasteiger charge is -2.20. The highest BCUT2D eigenvalue weighted by Gasteiger charge is 2.27. The van der Waals surface area contributed by atoms with E-state index < -0.39 is 10.0 Å². The van der Waals surface area contributed by atoms with E-state index in [0.29, 0.717) is 50.5 Å². The lowest BCUT2D eigenvalue weighted by Crippen LogP contribution is -2.25. The standard InChI is InChI=1S/C32H29N5O5S/c1-18-10-12-19(13-11-18)30-29(31(38)33-2)22-15-21(27(17-28(22)42-30)37(3)43(5,39)40)24-16-26(36-32(35-24)41-4)25-14-20-8-6-7-9-23(20)34-25/h6-17,34H,1-5H3,(H,33,38). The highest BCUT2D eigenvalue weighted by Crippen LogP contribution is 2.41. The normalized spacial score (nSPS) is 11.7. The number of anilines is 1. The number of aromatic nitrogens is 3. The molecule has 1 amide bonds. The highest BCUT2D eigenvalue weighted by atomic mass is 32.2. The number of H-pyrrole nitrogens is 1. The summed E-state index contributed by atoms with van der Waals surface area (Å²) in [7, 11) is 0.776. The van der Waals surface area contributed by atoms with E-state index in [4.69, 9.17) is 9.15 Å². The molecule has 10 nitrogen and oxygen atoms in total. The maximum atomic E-state index is 13.3. The quantitative estimate of drug-likeness (QED) is 0.239. The van der Waals surface area contributed by atoms with Gasteiger partial charge in [-0.25, -0.2) is 8.42 Å². The SMILES string of the molecule is CNC(=O)c1c(-c2ccc(C)cc2)oc2cc(N(C)S(C)(=O)=O)c(-c3cc(-c4cc5ccccc5[nH]4)nc(OC)n3)cc12. The van der Waals surface area contributed by atoms with E-state index >= 15 is 0 Å². The summed E-state index contributed by atoms with van der Waals surface area (Å²) in [4.78, 5) is 25.8. The maximum Gasteiger partial charge on any atom is 0.317 e. The third-order valence-corrected chi connectivity index (χ3v) is 8.57. The van der Waals surface area contributed by atoms with Gasteiger partial charge in [-0.3, -0.25) is 9.10 Å². The fourth-order valence-electron chi connectivity index (χ4n) is 5.04. The number of ether oxygens (including phenoxy) is 1. The van der Waals surface area contributed by atoms with Crippen molar-refractivity contribution in [3.05, 3.63) is 83.9 Å². The van der Waals surface area contributed by atoms with Crippen molar-refractivity contribution in [3.63, 3.8) is 0 Å². The molecule has 0 saturated heterocycles. The number of fused-ring (bicyclic) bond motifs is 2. The molecular formula is C32H29N5O5S. The number of hydrogen-bond acceptors (Lipinski definition) is 7. The molecule has 0 aliphatic rings.